The topological polar surface area (TPSA) is 128 Å². The van der Waals surface area contributed by atoms with Gasteiger partial charge in [0, 0.05) is 46.1 Å². The molecule has 9 nitrogen and oxygen atoms in total. The Morgan fingerprint density at radius 3 is 2.69 bits per heavy atom. The van der Waals surface area contributed by atoms with Crippen LogP contribution in [0.5, 0.6) is 17.2 Å². The highest BCUT2D eigenvalue weighted by Gasteiger charge is 2.36. The number of pyridine rings is 1. The standard InChI is InChI=1S/C29H23ClN4O5/c1-39-24-4-2-3-20-23(36)11-22-25(26(20)24)17(12-30)14-34(22)29(38)21-10-16-9-18(13-31-27(16)33-21)32-28(37)15-5-7-19(35)8-6-15/h2-11,13,17,35-36H,12,14H2,1H3,(H,31,33)(H,32,37). The van der Waals surface area contributed by atoms with Gasteiger partial charge < -0.3 is 30.2 Å². The van der Waals surface area contributed by atoms with Crippen LogP contribution < -0.4 is 15.0 Å². The Bertz CT molecular complexity index is 1770. The van der Waals surface area contributed by atoms with E-state index in [9.17, 15) is 19.8 Å². The predicted octanol–water partition coefficient (Wildman–Crippen LogP) is 5.37. The highest BCUT2D eigenvalue weighted by atomic mass is 35.5. The summed E-state index contributed by atoms with van der Waals surface area (Å²) in [5.41, 5.74) is 3.06. The Kier molecular flexibility index (Phi) is 6.00. The number of carbonyl (C=O) groups is 2. The lowest BCUT2D eigenvalue weighted by atomic mass is 9.94. The second-order valence-electron chi connectivity index (χ2n) is 9.32. The zero-order valence-corrected chi connectivity index (χ0v) is 21.5. The Morgan fingerprint density at radius 2 is 1.95 bits per heavy atom. The van der Waals surface area contributed by atoms with E-state index in [1.807, 2.05) is 12.1 Å². The molecule has 3 heterocycles. The van der Waals surface area contributed by atoms with Crippen LogP contribution in [-0.2, 0) is 0 Å². The lowest BCUT2D eigenvalue weighted by molar-refractivity contribution is 0.0983. The number of phenols is 2. The van der Waals surface area contributed by atoms with Crippen molar-refractivity contribution in [1.82, 2.24) is 9.97 Å². The van der Waals surface area contributed by atoms with E-state index in [0.717, 1.165) is 10.9 Å². The molecule has 1 atom stereocenters. The van der Waals surface area contributed by atoms with Crippen molar-refractivity contribution in [3.05, 3.63) is 83.7 Å². The number of methoxy groups -OCH3 is 1. The van der Waals surface area contributed by atoms with Gasteiger partial charge in [-0.15, -0.1) is 11.6 Å². The largest absolute Gasteiger partial charge is 0.508 e. The van der Waals surface area contributed by atoms with Crippen molar-refractivity contribution < 1.29 is 24.5 Å². The van der Waals surface area contributed by atoms with Gasteiger partial charge >= 0.3 is 0 Å². The first-order valence-electron chi connectivity index (χ1n) is 12.2. The molecule has 1 aliphatic rings. The summed E-state index contributed by atoms with van der Waals surface area (Å²) in [4.78, 5) is 35.3. The summed E-state index contributed by atoms with van der Waals surface area (Å²) >= 11 is 6.36. The van der Waals surface area contributed by atoms with Crippen LogP contribution in [-0.4, -0.2) is 51.5 Å². The quantitative estimate of drug-likeness (QED) is 0.221. The van der Waals surface area contributed by atoms with Crippen molar-refractivity contribution in [3.63, 3.8) is 0 Å². The number of hydrogen-bond acceptors (Lipinski definition) is 6. The van der Waals surface area contributed by atoms with Crippen LogP contribution in [0.15, 0.2) is 66.9 Å². The van der Waals surface area contributed by atoms with Crippen LogP contribution in [0, 0.1) is 0 Å². The molecule has 2 aromatic heterocycles. The van der Waals surface area contributed by atoms with Gasteiger partial charge in [0.15, 0.2) is 0 Å². The molecule has 3 aromatic carbocycles. The van der Waals surface area contributed by atoms with E-state index < -0.39 is 0 Å². The van der Waals surface area contributed by atoms with Crippen molar-refractivity contribution in [2.24, 2.45) is 0 Å². The summed E-state index contributed by atoms with van der Waals surface area (Å²) in [7, 11) is 1.57. The van der Waals surface area contributed by atoms with Crippen LogP contribution in [0.1, 0.15) is 32.3 Å². The summed E-state index contributed by atoms with van der Waals surface area (Å²) < 4.78 is 5.58. The predicted molar refractivity (Wildman–Crippen MR) is 149 cm³/mol. The smallest absolute Gasteiger partial charge is 0.274 e. The lowest BCUT2D eigenvalue weighted by Gasteiger charge is -2.18. The Morgan fingerprint density at radius 1 is 1.15 bits per heavy atom. The monoisotopic (exact) mass is 542 g/mol. The lowest BCUT2D eigenvalue weighted by Crippen LogP contribution is -2.30. The number of rotatable bonds is 5. The number of phenolic OH excluding ortho intramolecular Hbond substituents is 2. The third kappa shape index (κ3) is 4.17. The molecule has 10 heteroatoms. The average Bonchev–Trinajstić information content (AvgIpc) is 3.54. The molecule has 6 rings (SSSR count). The number of carbonyl (C=O) groups excluding carboxylic acids is 2. The number of fused-ring (bicyclic) bond motifs is 4. The third-order valence-corrected chi connectivity index (χ3v) is 7.33. The fraction of sp³-hybridized carbons (Fsp3) is 0.138. The second kappa shape index (κ2) is 9.52. The first-order chi connectivity index (χ1) is 18.9. The maximum Gasteiger partial charge on any atom is 0.274 e. The molecule has 5 aromatic rings. The number of nitrogens with zero attached hydrogens (tertiary/aromatic N) is 2. The number of halogens is 1. The molecule has 4 N–H and O–H groups in total. The average molecular weight is 543 g/mol. The van der Waals surface area contributed by atoms with Crippen LogP contribution in [0.4, 0.5) is 11.4 Å². The molecule has 0 aliphatic carbocycles. The first kappa shape index (κ1) is 24.6. The number of hydrogen-bond donors (Lipinski definition) is 4. The number of amides is 2. The van der Waals surface area contributed by atoms with Gasteiger partial charge in [-0.3, -0.25) is 9.59 Å². The molecule has 2 amide bonds. The SMILES string of the molecule is COc1cccc2c(O)cc3c(c12)C(CCl)CN3C(=O)c1cc2cc(NC(=O)c3ccc(O)cc3)cnc2[nH]1. The molecule has 1 unspecified atom stereocenters. The zero-order valence-electron chi connectivity index (χ0n) is 20.7. The van der Waals surface area contributed by atoms with E-state index in [1.54, 1.807) is 36.3 Å². The highest BCUT2D eigenvalue weighted by Crippen LogP contribution is 2.48. The maximum atomic E-state index is 13.7. The molecule has 0 spiro atoms. The number of anilines is 2. The Hall–Kier alpha value is -4.76. The fourth-order valence-electron chi connectivity index (χ4n) is 5.13. The van der Waals surface area contributed by atoms with Crippen LogP contribution >= 0.6 is 11.6 Å². The van der Waals surface area contributed by atoms with E-state index in [4.69, 9.17) is 16.3 Å². The first-order valence-corrected chi connectivity index (χ1v) is 12.7. The van der Waals surface area contributed by atoms with Crippen molar-refractivity contribution in [2.75, 3.05) is 29.8 Å². The van der Waals surface area contributed by atoms with E-state index in [0.29, 0.717) is 51.3 Å². The van der Waals surface area contributed by atoms with Crippen molar-refractivity contribution >= 4 is 56.6 Å². The summed E-state index contributed by atoms with van der Waals surface area (Å²) in [6, 6.07) is 16.3. The number of nitrogens with one attached hydrogen (secondary N) is 2. The van der Waals surface area contributed by atoms with E-state index in [-0.39, 0.29) is 35.1 Å². The molecular weight excluding hydrogens is 520 g/mol. The fourth-order valence-corrected chi connectivity index (χ4v) is 5.38. The van der Waals surface area contributed by atoms with Gasteiger partial charge in [-0.25, -0.2) is 4.98 Å². The summed E-state index contributed by atoms with van der Waals surface area (Å²) in [5, 5.41) is 25.0. The van der Waals surface area contributed by atoms with Gasteiger partial charge in [0.25, 0.3) is 11.8 Å². The number of benzene rings is 3. The van der Waals surface area contributed by atoms with E-state index in [2.05, 4.69) is 15.3 Å². The number of ether oxygens (including phenoxy) is 1. The number of H-pyrrole nitrogens is 1. The van der Waals surface area contributed by atoms with Crippen LogP contribution in [0.25, 0.3) is 21.8 Å². The molecular formula is C29H23ClN4O5. The summed E-state index contributed by atoms with van der Waals surface area (Å²) in [5.74, 6) is 0.182. The minimum Gasteiger partial charge on any atom is -0.508 e. The van der Waals surface area contributed by atoms with Crippen molar-refractivity contribution in [1.29, 1.82) is 0 Å². The molecule has 1 aliphatic heterocycles. The van der Waals surface area contributed by atoms with E-state index >= 15 is 0 Å². The maximum absolute atomic E-state index is 13.7. The minimum atomic E-state index is -0.355. The zero-order chi connectivity index (χ0) is 27.3. The second-order valence-corrected chi connectivity index (χ2v) is 9.63. The van der Waals surface area contributed by atoms with Crippen molar-refractivity contribution in [2.45, 2.75) is 5.92 Å². The van der Waals surface area contributed by atoms with Gasteiger partial charge in [0.1, 0.15) is 28.6 Å². The molecule has 0 fully saturated rings. The van der Waals surface area contributed by atoms with Gasteiger partial charge in [-0.05, 0) is 48.0 Å². The molecule has 196 valence electrons. The van der Waals surface area contributed by atoms with E-state index in [1.165, 1.54) is 30.5 Å². The van der Waals surface area contributed by atoms with Gasteiger partial charge in [0.05, 0.1) is 24.7 Å². The number of alkyl halides is 1. The molecule has 39 heavy (non-hydrogen) atoms. The van der Waals surface area contributed by atoms with Crippen molar-refractivity contribution in [3.8, 4) is 17.2 Å². The van der Waals surface area contributed by atoms with Crippen LogP contribution in [0.3, 0.4) is 0 Å². The van der Waals surface area contributed by atoms with Gasteiger partial charge in [0.2, 0.25) is 0 Å². The van der Waals surface area contributed by atoms with Gasteiger partial charge in [-0.1, -0.05) is 12.1 Å². The highest BCUT2D eigenvalue weighted by molar-refractivity contribution is 6.19. The number of aromatic hydroxyl groups is 2. The van der Waals surface area contributed by atoms with Crippen LogP contribution in [0.2, 0.25) is 0 Å². The molecule has 0 saturated heterocycles. The Balaban J connectivity index is 1.33. The molecule has 0 bridgehead atoms. The normalized spacial score (nSPS) is 14.5. The summed E-state index contributed by atoms with van der Waals surface area (Å²) in [6.07, 6.45) is 1.50. The minimum absolute atomic E-state index is 0.0444. The third-order valence-electron chi connectivity index (χ3n) is 6.96. The molecule has 0 saturated carbocycles. The summed E-state index contributed by atoms with van der Waals surface area (Å²) in [6.45, 7) is 0.338. The number of aromatic amines is 1. The number of aromatic nitrogens is 2. The molecule has 0 radical (unpaired) electrons. The Labute approximate surface area is 227 Å². The van der Waals surface area contributed by atoms with Gasteiger partial charge in [-0.2, -0.15) is 0 Å².